The molecule has 158 valence electrons. The average molecular weight is 459 g/mol. The fourth-order valence-corrected chi connectivity index (χ4v) is 3.88. The molecule has 0 atom stereocenters. The maximum atomic E-state index is 13.4. The molecule has 0 saturated heterocycles. The molecule has 0 spiro atoms. The van der Waals surface area contributed by atoms with Gasteiger partial charge in [0.05, 0.1) is 30.4 Å². The van der Waals surface area contributed by atoms with Gasteiger partial charge in [-0.25, -0.2) is 14.4 Å². The summed E-state index contributed by atoms with van der Waals surface area (Å²) in [7, 11) is 3.10. The molecule has 0 aliphatic carbocycles. The van der Waals surface area contributed by atoms with Crippen LogP contribution in [-0.2, 0) is 0 Å². The van der Waals surface area contributed by atoms with E-state index in [1.54, 1.807) is 37.8 Å². The van der Waals surface area contributed by atoms with Gasteiger partial charge in [0.15, 0.2) is 11.5 Å². The summed E-state index contributed by atoms with van der Waals surface area (Å²) < 4.78 is 24.1. The summed E-state index contributed by atoms with van der Waals surface area (Å²) in [6.07, 6.45) is 1.42. The van der Waals surface area contributed by atoms with Crippen LogP contribution in [0, 0.1) is 5.82 Å². The first-order valence-corrected chi connectivity index (χ1v) is 10.2. The number of anilines is 3. The number of amides is 1. The Hall–Kier alpha value is -3.43. The van der Waals surface area contributed by atoms with E-state index in [4.69, 9.17) is 21.1 Å². The molecule has 2 N–H and O–H groups in total. The monoisotopic (exact) mass is 458 g/mol. The molecule has 31 heavy (non-hydrogen) atoms. The number of hydrogen-bond donors (Lipinski definition) is 2. The molecule has 0 bridgehead atoms. The fraction of sp³-hybridized carbons (Fsp3) is 0.0952. The Morgan fingerprint density at radius 2 is 1.87 bits per heavy atom. The molecule has 0 saturated carbocycles. The van der Waals surface area contributed by atoms with Gasteiger partial charge in [-0.3, -0.25) is 4.79 Å². The van der Waals surface area contributed by atoms with Gasteiger partial charge < -0.3 is 20.1 Å². The number of fused-ring (bicyclic) bond motifs is 1. The van der Waals surface area contributed by atoms with Gasteiger partial charge in [0.1, 0.15) is 22.8 Å². The molecule has 2 heterocycles. The Bertz CT molecular complexity index is 1280. The van der Waals surface area contributed by atoms with E-state index in [0.717, 1.165) is 0 Å². The second kappa shape index (κ2) is 8.75. The highest BCUT2D eigenvalue weighted by molar-refractivity contribution is 7.12. The van der Waals surface area contributed by atoms with Crippen LogP contribution in [0.1, 0.15) is 9.67 Å². The maximum absolute atomic E-state index is 13.4. The van der Waals surface area contributed by atoms with Crippen molar-refractivity contribution in [2.24, 2.45) is 0 Å². The van der Waals surface area contributed by atoms with Crippen LogP contribution in [0.25, 0.3) is 10.9 Å². The summed E-state index contributed by atoms with van der Waals surface area (Å²) in [5.41, 5.74) is 1.60. The van der Waals surface area contributed by atoms with Gasteiger partial charge in [0.2, 0.25) is 0 Å². The first kappa shape index (κ1) is 20.8. The van der Waals surface area contributed by atoms with Crippen molar-refractivity contribution in [2.75, 3.05) is 24.9 Å². The summed E-state index contributed by atoms with van der Waals surface area (Å²) in [6, 6.07) is 9.28. The molecule has 1 amide bonds. The molecule has 0 unspecified atom stereocenters. The summed E-state index contributed by atoms with van der Waals surface area (Å²) in [5.74, 6) is 0.666. The zero-order valence-corrected chi connectivity index (χ0v) is 18.0. The van der Waals surface area contributed by atoms with Gasteiger partial charge in [-0.05, 0) is 35.7 Å². The number of ether oxygens (including phenoxy) is 2. The number of aromatic nitrogens is 2. The third-order valence-electron chi connectivity index (χ3n) is 4.44. The van der Waals surface area contributed by atoms with Crippen molar-refractivity contribution >= 4 is 56.9 Å². The second-order valence-corrected chi connectivity index (χ2v) is 7.64. The van der Waals surface area contributed by atoms with Crippen molar-refractivity contribution in [1.82, 2.24) is 9.97 Å². The Kier molecular flexibility index (Phi) is 5.88. The summed E-state index contributed by atoms with van der Waals surface area (Å²) in [6.45, 7) is 0. The lowest BCUT2D eigenvalue weighted by molar-refractivity contribution is 0.103. The van der Waals surface area contributed by atoms with Crippen molar-refractivity contribution in [3.63, 3.8) is 0 Å². The van der Waals surface area contributed by atoms with Crippen LogP contribution in [-0.4, -0.2) is 30.1 Å². The van der Waals surface area contributed by atoms with Crippen LogP contribution >= 0.6 is 22.9 Å². The highest BCUT2D eigenvalue weighted by Crippen LogP contribution is 2.35. The van der Waals surface area contributed by atoms with Gasteiger partial charge in [-0.15, -0.1) is 11.3 Å². The standard InChI is InChI=1S/C21H16ClFN4O3S/c1-29-17-8-12-16(9-18(17)30-2)24-10-25-20(12)27-15-5-6-31-19(15)21(28)26-11-3-4-14(23)13(22)7-11/h3-10H,1-2H3,(H,26,28)(H,24,25,27). The van der Waals surface area contributed by atoms with Gasteiger partial charge in [-0.2, -0.15) is 0 Å². The van der Waals surface area contributed by atoms with Crippen molar-refractivity contribution in [3.8, 4) is 11.5 Å². The van der Waals surface area contributed by atoms with Gasteiger partial charge in [-0.1, -0.05) is 11.6 Å². The summed E-state index contributed by atoms with van der Waals surface area (Å²) in [5, 5.41) is 8.31. The van der Waals surface area contributed by atoms with Crippen LogP contribution < -0.4 is 20.1 Å². The summed E-state index contributed by atoms with van der Waals surface area (Å²) >= 11 is 7.05. The Labute approximate surface area is 185 Å². The second-order valence-electron chi connectivity index (χ2n) is 6.32. The lowest BCUT2D eigenvalue weighted by Crippen LogP contribution is -2.12. The zero-order chi connectivity index (χ0) is 22.0. The van der Waals surface area contributed by atoms with E-state index >= 15 is 0 Å². The van der Waals surface area contributed by atoms with Crippen molar-refractivity contribution < 1.29 is 18.7 Å². The van der Waals surface area contributed by atoms with E-state index in [9.17, 15) is 9.18 Å². The van der Waals surface area contributed by atoms with Crippen molar-refractivity contribution in [3.05, 3.63) is 63.8 Å². The molecule has 10 heteroatoms. The van der Waals surface area contributed by atoms with Gasteiger partial charge in [0.25, 0.3) is 5.91 Å². The maximum Gasteiger partial charge on any atom is 0.267 e. The number of carbonyl (C=O) groups is 1. The van der Waals surface area contributed by atoms with Gasteiger partial charge >= 0.3 is 0 Å². The molecule has 0 aliphatic rings. The molecule has 0 aliphatic heterocycles. The lowest BCUT2D eigenvalue weighted by Gasteiger charge is -2.12. The third-order valence-corrected chi connectivity index (χ3v) is 5.65. The first-order chi connectivity index (χ1) is 15.0. The van der Waals surface area contributed by atoms with Crippen LogP contribution in [0.3, 0.4) is 0 Å². The fourth-order valence-electron chi connectivity index (χ4n) is 2.96. The summed E-state index contributed by atoms with van der Waals surface area (Å²) in [4.78, 5) is 21.8. The topological polar surface area (TPSA) is 85.4 Å². The highest BCUT2D eigenvalue weighted by Gasteiger charge is 2.17. The molecule has 2 aromatic heterocycles. The minimum absolute atomic E-state index is 0.0702. The number of carbonyl (C=O) groups excluding carboxylic acids is 1. The molecular formula is C21H16ClFN4O3S. The largest absolute Gasteiger partial charge is 0.493 e. The molecular weight excluding hydrogens is 443 g/mol. The van der Waals surface area contributed by atoms with E-state index in [1.807, 2.05) is 0 Å². The number of halogens is 2. The molecule has 0 fully saturated rings. The van der Waals surface area contributed by atoms with E-state index in [-0.39, 0.29) is 10.9 Å². The predicted molar refractivity (Wildman–Crippen MR) is 120 cm³/mol. The van der Waals surface area contributed by atoms with Crippen LogP contribution in [0.4, 0.5) is 21.6 Å². The minimum Gasteiger partial charge on any atom is -0.493 e. The van der Waals surface area contributed by atoms with Gasteiger partial charge in [0, 0.05) is 17.1 Å². The predicted octanol–water partition coefficient (Wildman–Crippen LogP) is 5.50. The van der Waals surface area contributed by atoms with Crippen molar-refractivity contribution in [1.29, 1.82) is 0 Å². The quantitative estimate of drug-likeness (QED) is 0.397. The van der Waals surface area contributed by atoms with Crippen molar-refractivity contribution in [2.45, 2.75) is 0 Å². The first-order valence-electron chi connectivity index (χ1n) is 8.98. The number of hydrogen-bond acceptors (Lipinski definition) is 7. The molecule has 4 aromatic rings. The zero-order valence-electron chi connectivity index (χ0n) is 16.4. The number of rotatable bonds is 6. The highest BCUT2D eigenvalue weighted by atomic mass is 35.5. The normalized spacial score (nSPS) is 10.7. The van der Waals surface area contributed by atoms with Crippen LogP contribution in [0.5, 0.6) is 11.5 Å². The molecule has 4 rings (SSSR count). The Morgan fingerprint density at radius 3 is 2.61 bits per heavy atom. The average Bonchev–Trinajstić information content (AvgIpc) is 3.24. The smallest absolute Gasteiger partial charge is 0.267 e. The SMILES string of the molecule is COc1cc2ncnc(Nc3ccsc3C(=O)Nc3ccc(F)c(Cl)c3)c2cc1OC. The van der Waals surface area contributed by atoms with E-state index in [1.165, 1.54) is 35.9 Å². The number of benzene rings is 2. The Morgan fingerprint density at radius 1 is 1.10 bits per heavy atom. The van der Waals surface area contributed by atoms with E-state index in [2.05, 4.69) is 20.6 Å². The minimum atomic E-state index is -0.555. The van der Waals surface area contributed by atoms with Crippen LogP contribution in [0.15, 0.2) is 48.1 Å². The van der Waals surface area contributed by atoms with E-state index in [0.29, 0.717) is 44.5 Å². The number of nitrogens with zero attached hydrogens (tertiary/aromatic N) is 2. The molecule has 2 aromatic carbocycles. The lowest BCUT2D eigenvalue weighted by atomic mass is 10.2. The Balaban J connectivity index is 1.64. The molecule has 7 nitrogen and oxygen atoms in total. The van der Waals surface area contributed by atoms with E-state index < -0.39 is 5.82 Å². The third kappa shape index (κ3) is 4.23. The number of thiophene rings is 1. The number of nitrogens with one attached hydrogen (secondary N) is 2. The molecule has 0 radical (unpaired) electrons. The van der Waals surface area contributed by atoms with Crippen LogP contribution in [0.2, 0.25) is 5.02 Å². The number of methoxy groups -OCH3 is 2.